The number of hydrogen-bond acceptors (Lipinski definition) is 4. The number of Topliss-reactive ketones (excluding diaryl/α,β-unsaturated/α-hetero) is 1. The monoisotopic (exact) mass is 278 g/mol. The molecular weight excluding hydrogens is 260 g/mol. The highest BCUT2D eigenvalue weighted by atomic mass is 32.1. The fourth-order valence-electron chi connectivity index (χ4n) is 1.92. The average molecular weight is 278 g/mol. The van der Waals surface area contributed by atoms with Gasteiger partial charge in [0.1, 0.15) is 0 Å². The van der Waals surface area contributed by atoms with E-state index in [2.05, 4.69) is 16.7 Å². The van der Waals surface area contributed by atoms with Crippen molar-refractivity contribution >= 4 is 23.0 Å². The van der Waals surface area contributed by atoms with Crippen molar-refractivity contribution < 1.29 is 9.59 Å². The molecule has 19 heavy (non-hydrogen) atoms. The molecule has 0 saturated carbocycles. The van der Waals surface area contributed by atoms with Crippen LogP contribution in [-0.2, 0) is 4.79 Å². The highest BCUT2D eigenvalue weighted by Gasteiger charge is 2.10. The van der Waals surface area contributed by atoms with Gasteiger partial charge >= 0.3 is 0 Å². The van der Waals surface area contributed by atoms with Crippen molar-refractivity contribution in [1.82, 2.24) is 10.6 Å². The average Bonchev–Trinajstić information content (AvgIpc) is 2.98. The van der Waals surface area contributed by atoms with Gasteiger partial charge in [0.25, 0.3) is 0 Å². The third-order valence-corrected chi connectivity index (χ3v) is 3.96. The zero-order chi connectivity index (χ0) is 13.5. The van der Waals surface area contributed by atoms with Gasteiger partial charge in [0.15, 0.2) is 5.78 Å². The summed E-state index contributed by atoms with van der Waals surface area (Å²) in [7, 11) is 0. The second kappa shape index (κ2) is 7.21. The Kier molecular flexibility index (Phi) is 5.30. The maximum atomic E-state index is 11.7. The first kappa shape index (κ1) is 14.0. The maximum absolute atomic E-state index is 11.7. The molecule has 0 fully saturated rings. The summed E-state index contributed by atoms with van der Waals surface area (Å²) in [5, 5.41) is 7.97. The number of carbonyl (C=O) groups is 2. The van der Waals surface area contributed by atoms with Crippen LogP contribution in [0.1, 0.15) is 28.9 Å². The Morgan fingerprint density at radius 3 is 2.95 bits per heavy atom. The lowest BCUT2D eigenvalue weighted by atomic mass is 10.1. The molecule has 0 radical (unpaired) electrons. The lowest BCUT2D eigenvalue weighted by Gasteiger charge is -2.14. The van der Waals surface area contributed by atoms with Crippen LogP contribution in [0.5, 0.6) is 0 Å². The standard InChI is InChI=1S/C14H18N2O2S/c17-12(13-2-1-9-19-13)3-4-14(18)16-10-11-5-7-15-8-6-11/h1-2,5,9,15H,3-4,6-8,10H2,(H,16,18). The quantitative estimate of drug-likeness (QED) is 0.615. The predicted octanol–water partition coefficient (Wildman–Crippen LogP) is 1.75. The van der Waals surface area contributed by atoms with Crippen LogP contribution in [-0.4, -0.2) is 31.3 Å². The van der Waals surface area contributed by atoms with Crippen LogP contribution in [0.25, 0.3) is 0 Å². The summed E-state index contributed by atoms with van der Waals surface area (Å²) in [6, 6.07) is 3.65. The van der Waals surface area contributed by atoms with Crippen molar-refractivity contribution in [2.45, 2.75) is 19.3 Å². The molecule has 4 nitrogen and oxygen atoms in total. The molecule has 0 aromatic carbocycles. The van der Waals surface area contributed by atoms with Gasteiger partial charge in [-0.15, -0.1) is 11.3 Å². The number of amides is 1. The van der Waals surface area contributed by atoms with E-state index in [1.165, 1.54) is 16.9 Å². The fourth-order valence-corrected chi connectivity index (χ4v) is 2.61. The third-order valence-electron chi connectivity index (χ3n) is 3.05. The number of ketones is 1. The highest BCUT2D eigenvalue weighted by molar-refractivity contribution is 7.12. The summed E-state index contributed by atoms with van der Waals surface area (Å²) < 4.78 is 0. The Hall–Kier alpha value is -1.46. The smallest absolute Gasteiger partial charge is 0.220 e. The maximum Gasteiger partial charge on any atom is 0.220 e. The summed E-state index contributed by atoms with van der Waals surface area (Å²) in [5.74, 6) is -0.00410. The van der Waals surface area contributed by atoms with E-state index in [1.807, 2.05) is 11.4 Å². The van der Waals surface area contributed by atoms with Gasteiger partial charge in [-0.05, 0) is 24.4 Å². The Morgan fingerprint density at radius 1 is 1.37 bits per heavy atom. The molecule has 1 aromatic rings. The van der Waals surface area contributed by atoms with E-state index in [0.717, 1.165) is 24.4 Å². The minimum atomic E-state index is -0.0515. The van der Waals surface area contributed by atoms with Crippen molar-refractivity contribution in [3.63, 3.8) is 0 Å². The lowest BCUT2D eigenvalue weighted by Crippen LogP contribution is -2.29. The molecule has 0 unspecified atom stereocenters. The molecule has 0 atom stereocenters. The Balaban J connectivity index is 1.67. The summed E-state index contributed by atoms with van der Waals surface area (Å²) >= 11 is 1.42. The van der Waals surface area contributed by atoms with Crippen molar-refractivity contribution in [1.29, 1.82) is 0 Å². The Morgan fingerprint density at radius 2 is 2.26 bits per heavy atom. The molecule has 2 heterocycles. The van der Waals surface area contributed by atoms with E-state index in [0.29, 0.717) is 6.54 Å². The molecule has 2 rings (SSSR count). The minimum absolute atomic E-state index is 0.0474. The van der Waals surface area contributed by atoms with Gasteiger partial charge in [0.05, 0.1) is 4.88 Å². The topological polar surface area (TPSA) is 58.2 Å². The second-order valence-electron chi connectivity index (χ2n) is 4.49. The van der Waals surface area contributed by atoms with Crippen LogP contribution in [0.2, 0.25) is 0 Å². The molecule has 0 bridgehead atoms. The lowest BCUT2D eigenvalue weighted by molar-refractivity contribution is -0.120. The molecule has 1 aliphatic rings. The van der Waals surface area contributed by atoms with Crippen LogP contribution in [0, 0.1) is 0 Å². The first-order chi connectivity index (χ1) is 9.25. The van der Waals surface area contributed by atoms with Crippen molar-refractivity contribution in [2.75, 3.05) is 19.6 Å². The van der Waals surface area contributed by atoms with Crippen LogP contribution in [0.15, 0.2) is 29.2 Å². The number of carbonyl (C=O) groups excluding carboxylic acids is 2. The molecule has 0 spiro atoms. The molecule has 1 amide bonds. The van der Waals surface area contributed by atoms with E-state index < -0.39 is 0 Å². The largest absolute Gasteiger partial charge is 0.352 e. The first-order valence-corrected chi connectivity index (χ1v) is 7.35. The summed E-state index contributed by atoms with van der Waals surface area (Å²) in [4.78, 5) is 24.1. The van der Waals surface area contributed by atoms with Crippen LogP contribution in [0.3, 0.4) is 0 Å². The van der Waals surface area contributed by atoms with Gasteiger partial charge in [-0.25, -0.2) is 0 Å². The van der Waals surface area contributed by atoms with Gasteiger partial charge in [-0.3, -0.25) is 9.59 Å². The second-order valence-corrected chi connectivity index (χ2v) is 5.44. The van der Waals surface area contributed by atoms with Crippen LogP contribution < -0.4 is 10.6 Å². The molecule has 5 heteroatoms. The molecule has 1 aliphatic heterocycles. The van der Waals surface area contributed by atoms with Gasteiger partial charge in [-0.2, -0.15) is 0 Å². The first-order valence-electron chi connectivity index (χ1n) is 6.48. The summed E-state index contributed by atoms with van der Waals surface area (Å²) in [6.07, 6.45) is 3.64. The zero-order valence-electron chi connectivity index (χ0n) is 10.8. The summed E-state index contributed by atoms with van der Waals surface area (Å²) in [6.45, 7) is 2.45. The highest BCUT2D eigenvalue weighted by Crippen LogP contribution is 2.12. The SMILES string of the molecule is O=C(CCC(=O)c1cccs1)NCC1=CCNCC1. The van der Waals surface area contributed by atoms with Crippen LogP contribution >= 0.6 is 11.3 Å². The predicted molar refractivity (Wildman–Crippen MR) is 76.5 cm³/mol. The molecule has 0 aliphatic carbocycles. The number of nitrogens with one attached hydrogen (secondary N) is 2. The van der Waals surface area contributed by atoms with Crippen molar-refractivity contribution in [3.05, 3.63) is 34.0 Å². The van der Waals surface area contributed by atoms with Crippen molar-refractivity contribution in [2.24, 2.45) is 0 Å². The fraction of sp³-hybridized carbons (Fsp3) is 0.429. The number of thiophene rings is 1. The van der Waals surface area contributed by atoms with E-state index in [-0.39, 0.29) is 24.5 Å². The van der Waals surface area contributed by atoms with Crippen LogP contribution in [0.4, 0.5) is 0 Å². The van der Waals surface area contributed by atoms with Crippen molar-refractivity contribution in [3.8, 4) is 0 Å². The molecule has 102 valence electrons. The molecular formula is C14H18N2O2S. The van der Waals surface area contributed by atoms with Gasteiger partial charge < -0.3 is 10.6 Å². The zero-order valence-corrected chi connectivity index (χ0v) is 11.6. The number of rotatable bonds is 6. The molecule has 1 aromatic heterocycles. The third kappa shape index (κ3) is 4.61. The van der Waals surface area contributed by atoms with Gasteiger partial charge in [0, 0.05) is 25.9 Å². The number of hydrogen-bond donors (Lipinski definition) is 2. The Labute approximate surface area is 116 Å². The van der Waals surface area contributed by atoms with E-state index in [4.69, 9.17) is 0 Å². The molecule has 0 saturated heterocycles. The van der Waals surface area contributed by atoms with E-state index >= 15 is 0 Å². The van der Waals surface area contributed by atoms with E-state index in [1.54, 1.807) is 6.07 Å². The Bertz CT molecular complexity index is 466. The van der Waals surface area contributed by atoms with Gasteiger partial charge in [0.2, 0.25) is 5.91 Å². The molecule has 2 N–H and O–H groups in total. The van der Waals surface area contributed by atoms with E-state index in [9.17, 15) is 9.59 Å². The summed E-state index contributed by atoms with van der Waals surface area (Å²) in [5.41, 5.74) is 1.26. The normalized spacial score (nSPS) is 14.8. The van der Waals surface area contributed by atoms with Gasteiger partial charge in [-0.1, -0.05) is 17.7 Å². The minimum Gasteiger partial charge on any atom is -0.352 e.